The van der Waals surface area contributed by atoms with Crippen LogP contribution in [0.2, 0.25) is 26.6 Å². The Labute approximate surface area is 245 Å². The zero-order chi connectivity index (χ0) is 27.9. The Morgan fingerprint density at radius 1 is 0.486 bits per heavy atom. The molecule has 1 aliphatic rings. The van der Waals surface area contributed by atoms with Gasteiger partial charge >= 0.3 is 247 Å². The predicted molar refractivity (Wildman–Crippen MR) is 173 cm³/mol. The molecule has 0 saturated carbocycles. The summed E-state index contributed by atoms with van der Waals surface area (Å²) in [6.07, 6.45) is 13.7. The van der Waals surface area contributed by atoms with Crippen molar-refractivity contribution in [1.29, 1.82) is 0 Å². The summed E-state index contributed by atoms with van der Waals surface area (Å²) in [5, 5.41) is 0. The average molecular weight is 790 g/mol. The van der Waals surface area contributed by atoms with E-state index in [-0.39, 0.29) is 6.53 Å². The van der Waals surface area contributed by atoms with Crippen molar-refractivity contribution in [2.24, 2.45) is 0 Å². The molecule has 1 saturated heterocycles. The van der Waals surface area contributed by atoms with Crippen LogP contribution in [0.15, 0.2) is 0 Å². The van der Waals surface area contributed by atoms with Gasteiger partial charge in [-0.25, -0.2) is 0 Å². The van der Waals surface area contributed by atoms with Gasteiger partial charge in [0.25, 0.3) is 0 Å². The van der Waals surface area contributed by atoms with E-state index in [1.165, 1.54) is 26.6 Å². The third-order valence-corrected chi connectivity index (χ3v) is 53.0. The molecule has 0 radical (unpaired) electrons. The van der Waals surface area contributed by atoms with Crippen LogP contribution in [0.1, 0.15) is 119 Å². The number of rotatable bonds is 20. The fraction of sp³-hybridized carbons (Fsp3) is 0.929. The van der Waals surface area contributed by atoms with E-state index in [2.05, 4.69) is 41.5 Å². The van der Waals surface area contributed by atoms with Crippen LogP contribution in [-0.2, 0) is 20.6 Å². The molecular weight excluding hydrogens is 734 g/mol. The summed E-state index contributed by atoms with van der Waals surface area (Å²) in [5.74, 6) is 0. The predicted octanol–water partition coefficient (Wildman–Crippen LogP) is 8.35. The van der Waals surface area contributed by atoms with Gasteiger partial charge in [-0.15, -0.1) is 0 Å². The molecule has 218 valence electrons. The van der Waals surface area contributed by atoms with Crippen molar-refractivity contribution in [3.05, 3.63) is 0 Å². The van der Waals surface area contributed by atoms with Crippen molar-refractivity contribution >= 4 is 78.8 Å². The van der Waals surface area contributed by atoms with Gasteiger partial charge in [0.2, 0.25) is 0 Å². The first-order chi connectivity index (χ1) is 17.7. The van der Waals surface area contributed by atoms with E-state index in [1.54, 1.807) is 0 Å². The topological polar surface area (TPSA) is 68.3 Å². The third-order valence-electron chi connectivity index (χ3n) is 8.63. The van der Waals surface area contributed by atoms with E-state index in [9.17, 15) is 16.8 Å². The van der Waals surface area contributed by atoms with Crippen LogP contribution < -0.4 is 0 Å². The number of hydrogen-bond acceptors (Lipinski definition) is 5. The molecule has 0 bridgehead atoms. The van der Waals surface area contributed by atoms with E-state index in [4.69, 9.17) is 0 Å². The maximum absolute atomic E-state index is 13.0. The van der Waals surface area contributed by atoms with Crippen molar-refractivity contribution < 1.29 is 16.8 Å². The van der Waals surface area contributed by atoms with Gasteiger partial charge in [-0.05, 0) is 0 Å². The summed E-state index contributed by atoms with van der Waals surface area (Å²) in [6, 6.07) is 0. The molecular formula is C28H56O4S3Sn2. The molecule has 0 aliphatic carbocycles. The van der Waals surface area contributed by atoms with Crippen molar-refractivity contribution in [1.82, 2.24) is 0 Å². The quantitative estimate of drug-likeness (QED) is 0.0917. The molecule has 2 atom stereocenters. The molecule has 1 fully saturated rings. The van der Waals surface area contributed by atoms with Gasteiger partial charge in [-0.2, -0.15) is 0 Å². The summed E-state index contributed by atoms with van der Waals surface area (Å²) in [4.78, 5) is 0.737. The van der Waals surface area contributed by atoms with E-state index in [1.807, 2.05) is 11.8 Å². The average Bonchev–Trinajstić information content (AvgIpc) is 3.31. The van der Waals surface area contributed by atoms with Crippen LogP contribution in [-0.4, -0.2) is 69.9 Å². The summed E-state index contributed by atoms with van der Waals surface area (Å²) in [7, 11) is -4.91. The third kappa shape index (κ3) is 10.3. The van der Waals surface area contributed by atoms with Gasteiger partial charge < -0.3 is 0 Å². The first kappa shape index (κ1) is 36.4. The summed E-state index contributed by atoms with van der Waals surface area (Å²) >= 11 is -4.22. The number of thioether (sulfide) groups is 1. The van der Waals surface area contributed by atoms with Crippen LogP contribution in [0, 0.1) is 0 Å². The minimum absolute atomic E-state index is 0.00358. The Bertz CT molecular complexity index is 809. The Morgan fingerprint density at radius 2 is 0.703 bits per heavy atom. The van der Waals surface area contributed by atoms with Crippen molar-refractivity contribution in [2.45, 2.75) is 152 Å². The molecule has 1 aliphatic heterocycles. The molecule has 1 rings (SSSR count). The molecule has 0 spiro atoms. The molecule has 4 nitrogen and oxygen atoms in total. The van der Waals surface area contributed by atoms with Crippen molar-refractivity contribution in [2.75, 3.05) is 0 Å². The van der Waals surface area contributed by atoms with Gasteiger partial charge in [-0.3, -0.25) is 0 Å². The fourth-order valence-corrected chi connectivity index (χ4v) is 61.9. The summed E-state index contributed by atoms with van der Waals surface area (Å²) < 4.78 is 59.3. The van der Waals surface area contributed by atoms with Gasteiger partial charge in [0, 0.05) is 0 Å². The molecule has 0 aromatic carbocycles. The second-order valence-electron chi connectivity index (χ2n) is 11.4. The first-order valence-corrected chi connectivity index (χ1v) is 33.8. The molecule has 9 heteroatoms. The second-order valence-corrected chi connectivity index (χ2v) is 44.3. The number of unbranched alkanes of at least 4 members (excludes halogenated alkanes) is 6. The zero-order valence-electron chi connectivity index (χ0n) is 24.7. The molecule has 37 heavy (non-hydrogen) atoms. The Balaban J connectivity index is 3.91. The molecule has 0 aromatic heterocycles. The molecule has 1 heterocycles. The fourth-order valence-electron chi connectivity index (χ4n) is 6.41. The van der Waals surface area contributed by atoms with E-state index in [0.717, 1.165) is 77.0 Å². The van der Waals surface area contributed by atoms with E-state index in [0.29, 0.717) is 9.73 Å². The second kappa shape index (κ2) is 19.4. The van der Waals surface area contributed by atoms with Crippen molar-refractivity contribution in [3.8, 4) is 0 Å². The van der Waals surface area contributed by atoms with Crippen molar-refractivity contribution in [3.63, 3.8) is 0 Å². The maximum atomic E-state index is 13.0. The standard InChI is InChI=1S/C4H2O4S3.6C4H9.2Sn/c5-10(6)3-1-9-2-4(3)11(7)8;6*1-3-4-2;;/h1-2H;6*1,3-4H2,2H3;;. The van der Waals surface area contributed by atoms with E-state index >= 15 is 0 Å². The Kier molecular flexibility index (Phi) is 19.1. The minimum atomic E-state index is -3.07. The van der Waals surface area contributed by atoms with Crippen LogP contribution in [0.3, 0.4) is 0 Å². The summed E-state index contributed by atoms with van der Waals surface area (Å²) in [6.45, 7) is 13.4. The van der Waals surface area contributed by atoms with Gasteiger partial charge in [0.05, 0.1) is 0 Å². The Hall–Kier alpha value is 1.33. The van der Waals surface area contributed by atoms with Gasteiger partial charge in [-0.1, -0.05) is 0 Å². The summed E-state index contributed by atoms with van der Waals surface area (Å²) in [5.41, 5.74) is 0. The normalized spacial score (nSPS) is 18.5. The van der Waals surface area contributed by atoms with Gasteiger partial charge in [0.1, 0.15) is 0 Å². The molecule has 0 aromatic rings. The SMILES string of the molecule is CCC[CH2][Sn]([CH2]CCC)([CH2]CCC)[CH]1S[CH]([Sn]([CH2]CCC)([CH2]CCC)[CH2]CCC)C(=S(=O)=O)C1=S(=O)=O. The van der Waals surface area contributed by atoms with Gasteiger partial charge in [0.15, 0.2) is 0 Å². The van der Waals surface area contributed by atoms with E-state index < -0.39 is 57.3 Å². The Morgan fingerprint density at radius 3 is 0.865 bits per heavy atom. The van der Waals surface area contributed by atoms with Crippen LogP contribution in [0.25, 0.3) is 0 Å². The molecule has 0 N–H and O–H groups in total. The van der Waals surface area contributed by atoms with Crippen LogP contribution >= 0.6 is 11.8 Å². The van der Waals surface area contributed by atoms with Crippen LogP contribution in [0.4, 0.5) is 0 Å². The first-order valence-electron chi connectivity index (χ1n) is 15.3. The monoisotopic (exact) mass is 792 g/mol. The zero-order valence-corrected chi connectivity index (χ0v) is 32.9. The van der Waals surface area contributed by atoms with Crippen LogP contribution in [0.5, 0.6) is 0 Å². The molecule has 2 unspecified atom stereocenters. The number of hydrogen-bond donors (Lipinski definition) is 0. The molecule has 0 amide bonds.